The number of hydrogen-bond acceptors (Lipinski definition) is 3. The number of aromatic nitrogens is 1. The third-order valence-corrected chi connectivity index (χ3v) is 3.60. The molecular formula is C17H19ClN2O2. The van der Waals surface area contributed by atoms with Crippen LogP contribution in [0.3, 0.4) is 0 Å². The molecular weight excluding hydrogens is 300 g/mol. The minimum Gasteiger partial charge on any atom is -0.396 e. The highest BCUT2D eigenvalue weighted by Crippen LogP contribution is 2.10. The Morgan fingerprint density at radius 3 is 2.64 bits per heavy atom. The molecule has 0 aliphatic heterocycles. The van der Waals surface area contributed by atoms with Crippen LogP contribution in [0.5, 0.6) is 0 Å². The predicted molar refractivity (Wildman–Crippen MR) is 86.7 cm³/mol. The van der Waals surface area contributed by atoms with Crippen molar-refractivity contribution in [2.24, 2.45) is 5.92 Å². The minimum absolute atomic E-state index is 0.0117. The van der Waals surface area contributed by atoms with Crippen LogP contribution >= 0.6 is 11.6 Å². The van der Waals surface area contributed by atoms with E-state index in [2.05, 4.69) is 10.3 Å². The van der Waals surface area contributed by atoms with Crippen LogP contribution in [0.1, 0.15) is 11.3 Å². The number of benzene rings is 1. The van der Waals surface area contributed by atoms with Gasteiger partial charge in [-0.05, 0) is 36.2 Å². The van der Waals surface area contributed by atoms with Crippen molar-refractivity contribution >= 4 is 17.5 Å². The van der Waals surface area contributed by atoms with E-state index in [4.69, 9.17) is 11.6 Å². The highest BCUT2D eigenvalue weighted by Gasteiger charge is 2.11. The number of carbonyl (C=O) groups excluding carboxylic acids is 1. The fourth-order valence-electron chi connectivity index (χ4n) is 2.12. The summed E-state index contributed by atoms with van der Waals surface area (Å²) in [4.78, 5) is 16.2. The molecule has 22 heavy (non-hydrogen) atoms. The number of rotatable bonds is 7. The van der Waals surface area contributed by atoms with E-state index in [1.165, 1.54) is 0 Å². The van der Waals surface area contributed by atoms with E-state index in [1.54, 1.807) is 18.3 Å². The summed E-state index contributed by atoms with van der Waals surface area (Å²) in [5.74, 6) is -0.106. The largest absolute Gasteiger partial charge is 0.396 e. The Hall–Kier alpha value is -1.91. The highest BCUT2D eigenvalue weighted by atomic mass is 35.5. The highest BCUT2D eigenvalue weighted by molar-refractivity contribution is 6.30. The fourth-order valence-corrected chi connectivity index (χ4v) is 2.25. The van der Waals surface area contributed by atoms with Gasteiger partial charge in [-0.2, -0.15) is 0 Å². The molecule has 0 saturated heterocycles. The molecule has 0 radical (unpaired) electrons. The van der Waals surface area contributed by atoms with E-state index in [0.29, 0.717) is 24.4 Å². The lowest BCUT2D eigenvalue weighted by atomic mass is 10.0. The first-order valence-corrected chi connectivity index (χ1v) is 7.57. The second-order valence-corrected chi connectivity index (χ2v) is 5.62. The minimum atomic E-state index is -0.0678. The maximum Gasteiger partial charge on any atom is 0.224 e. The van der Waals surface area contributed by atoms with Crippen molar-refractivity contribution in [3.63, 3.8) is 0 Å². The van der Waals surface area contributed by atoms with Crippen LogP contribution in [0.15, 0.2) is 48.7 Å². The molecule has 1 aromatic heterocycles. The summed E-state index contributed by atoms with van der Waals surface area (Å²) in [5.41, 5.74) is 1.82. The Labute approximate surface area is 135 Å². The van der Waals surface area contributed by atoms with E-state index in [9.17, 15) is 9.90 Å². The number of nitrogens with zero attached hydrogens (tertiary/aromatic N) is 1. The van der Waals surface area contributed by atoms with Crippen LogP contribution in [-0.4, -0.2) is 29.1 Å². The summed E-state index contributed by atoms with van der Waals surface area (Å²) >= 11 is 5.81. The fraction of sp³-hybridized carbons (Fsp3) is 0.294. The zero-order chi connectivity index (χ0) is 15.8. The third-order valence-electron chi connectivity index (χ3n) is 3.35. The Morgan fingerprint density at radius 2 is 2.00 bits per heavy atom. The maximum absolute atomic E-state index is 11.9. The molecule has 0 fully saturated rings. The molecule has 0 aliphatic rings. The van der Waals surface area contributed by atoms with Crippen molar-refractivity contribution in [2.75, 3.05) is 13.2 Å². The molecule has 1 atom stereocenters. The number of aliphatic hydroxyl groups excluding tert-OH is 1. The van der Waals surface area contributed by atoms with Crippen LogP contribution in [0.4, 0.5) is 0 Å². The van der Waals surface area contributed by atoms with Gasteiger partial charge in [0.25, 0.3) is 0 Å². The first-order valence-electron chi connectivity index (χ1n) is 7.19. The van der Waals surface area contributed by atoms with Crippen molar-refractivity contribution in [3.05, 3.63) is 64.9 Å². The summed E-state index contributed by atoms with van der Waals surface area (Å²) in [5, 5.41) is 12.9. The number of carbonyl (C=O) groups is 1. The van der Waals surface area contributed by atoms with Crippen molar-refractivity contribution in [1.82, 2.24) is 10.3 Å². The van der Waals surface area contributed by atoms with Crippen molar-refractivity contribution in [2.45, 2.75) is 12.8 Å². The van der Waals surface area contributed by atoms with E-state index >= 15 is 0 Å². The Bertz CT molecular complexity index is 587. The lowest BCUT2D eigenvalue weighted by Crippen LogP contribution is -2.33. The molecule has 116 valence electrons. The van der Waals surface area contributed by atoms with Gasteiger partial charge in [0.05, 0.1) is 6.42 Å². The molecule has 0 saturated carbocycles. The van der Waals surface area contributed by atoms with Crippen molar-refractivity contribution < 1.29 is 9.90 Å². The molecule has 1 amide bonds. The quantitative estimate of drug-likeness (QED) is 0.823. The van der Waals surface area contributed by atoms with Gasteiger partial charge in [-0.3, -0.25) is 9.78 Å². The zero-order valence-corrected chi connectivity index (χ0v) is 13.0. The number of amides is 1. The van der Waals surface area contributed by atoms with Gasteiger partial charge in [0.1, 0.15) is 0 Å². The van der Waals surface area contributed by atoms with Gasteiger partial charge in [0.2, 0.25) is 5.91 Å². The molecule has 2 N–H and O–H groups in total. The molecule has 1 aromatic carbocycles. The standard InChI is InChI=1S/C17H19ClN2O2/c18-15-6-4-13(5-7-15)10-17(22)20-11-14(12-21)9-16-3-1-2-8-19-16/h1-8,14,21H,9-12H2,(H,20,22). The average molecular weight is 319 g/mol. The summed E-state index contributed by atoms with van der Waals surface area (Å²) < 4.78 is 0. The number of nitrogens with one attached hydrogen (secondary N) is 1. The Balaban J connectivity index is 1.79. The molecule has 0 spiro atoms. The zero-order valence-electron chi connectivity index (χ0n) is 12.2. The summed E-state index contributed by atoms with van der Waals surface area (Å²) in [6.07, 6.45) is 2.67. The Kier molecular flexibility index (Phi) is 6.37. The summed E-state index contributed by atoms with van der Waals surface area (Å²) in [6.45, 7) is 0.442. The SMILES string of the molecule is O=C(Cc1ccc(Cl)cc1)NCC(CO)Cc1ccccn1. The molecule has 0 bridgehead atoms. The summed E-state index contributed by atoms with van der Waals surface area (Å²) in [7, 11) is 0. The molecule has 4 nitrogen and oxygen atoms in total. The van der Waals surface area contributed by atoms with Gasteiger partial charge in [-0.25, -0.2) is 0 Å². The number of hydrogen-bond donors (Lipinski definition) is 2. The van der Waals surface area contributed by atoms with Crippen LogP contribution < -0.4 is 5.32 Å². The molecule has 2 aromatic rings. The lowest BCUT2D eigenvalue weighted by Gasteiger charge is -2.14. The van der Waals surface area contributed by atoms with Crippen LogP contribution in [0.2, 0.25) is 5.02 Å². The number of aliphatic hydroxyl groups is 1. The molecule has 1 heterocycles. The molecule has 5 heteroatoms. The van der Waals surface area contributed by atoms with Crippen LogP contribution in [0, 0.1) is 5.92 Å². The number of halogens is 1. The average Bonchev–Trinajstić information content (AvgIpc) is 2.54. The van der Waals surface area contributed by atoms with Gasteiger partial charge in [-0.15, -0.1) is 0 Å². The monoisotopic (exact) mass is 318 g/mol. The normalized spacial score (nSPS) is 11.9. The first-order chi connectivity index (χ1) is 10.7. The topological polar surface area (TPSA) is 62.2 Å². The smallest absolute Gasteiger partial charge is 0.224 e. The van der Waals surface area contributed by atoms with Gasteiger partial charge >= 0.3 is 0 Å². The predicted octanol–water partition coefficient (Wildman–Crippen LogP) is 2.24. The molecule has 2 rings (SSSR count). The van der Waals surface area contributed by atoms with E-state index in [1.807, 2.05) is 30.3 Å². The number of pyridine rings is 1. The van der Waals surface area contributed by atoms with E-state index in [0.717, 1.165) is 11.3 Å². The Morgan fingerprint density at radius 1 is 1.23 bits per heavy atom. The van der Waals surface area contributed by atoms with Crippen molar-refractivity contribution in [3.8, 4) is 0 Å². The van der Waals surface area contributed by atoms with Crippen LogP contribution in [-0.2, 0) is 17.6 Å². The van der Waals surface area contributed by atoms with Crippen LogP contribution in [0.25, 0.3) is 0 Å². The molecule has 0 aliphatic carbocycles. The lowest BCUT2D eigenvalue weighted by molar-refractivity contribution is -0.120. The summed E-state index contributed by atoms with van der Waals surface area (Å²) in [6, 6.07) is 12.9. The first kappa shape index (κ1) is 16.5. The van der Waals surface area contributed by atoms with Gasteiger partial charge in [-0.1, -0.05) is 29.8 Å². The van der Waals surface area contributed by atoms with E-state index in [-0.39, 0.29) is 18.4 Å². The second kappa shape index (κ2) is 8.51. The third kappa shape index (κ3) is 5.47. The van der Waals surface area contributed by atoms with Gasteiger partial charge in [0, 0.05) is 36.0 Å². The maximum atomic E-state index is 11.9. The molecule has 1 unspecified atom stereocenters. The van der Waals surface area contributed by atoms with Gasteiger partial charge < -0.3 is 10.4 Å². The van der Waals surface area contributed by atoms with E-state index < -0.39 is 0 Å². The van der Waals surface area contributed by atoms with Gasteiger partial charge in [0.15, 0.2) is 0 Å². The second-order valence-electron chi connectivity index (χ2n) is 5.18. The van der Waals surface area contributed by atoms with Crippen molar-refractivity contribution in [1.29, 1.82) is 0 Å².